The van der Waals surface area contributed by atoms with E-state index in [1.807, 2.05) is 0 Å². The van der Waals surface area contributed by atoms with Crippen LogP contribution < -0.4 is 0 Å². The summed E-state index contributed by atoms with van der Waals surface area (Å²) in [4.78, 5) is 0. The van der Waals surface area contributed by atoms with Crippen molar-refractivity contribution >= 4 is 54.5 Å². The molecule has 3 heterocycles. The summed E-state index contributed by atoms with van der Waals surface area (Å²) < 4.78 is 7.44. The fraction of sp³-hybridized carbons (Fsp3) is 0.0638. The van der Waals surface area contributed by atoms with Crippen LogP contribution >= 0.6 is 0 Å². The summed E-state index contributed by atoms with van der Waals surface area (Å²) in [5, 5.41) is 6.38. The second kappa shape index (κ2) is 9.87. The molecule has 0 atom stereocenters. The highest BCUT2D eigenvalue weighted by Crippen LogP contribution is 2.55. The second-order valence-electron chi connectivity index (χ2n) is 14.2. The van der Waals surface area contributed by atoms with E-state index in [0.717, 1.165) is 0 Å². The van der Waals surface area contributed by atoms with Crippen LogP contribution in [0.25, 0.3) is 82.8 Å². The first-order chi connectivity index (χ1) is 24.6. The van der Waals surface area contributed by atoms with Crippen LogP contribution in [0.5, 0.6) is 0 Å². The molecule has 1 aliphatic carbocycles. The summed E-state index contributed by atoms with van der Waals surface area (Å²) >= 11 is 0. The molecule has 3 heteroatoms. The molecule has 3 nitrogen and oxygen atoms in total. The predicted molar refractivity (Wildman–Crippen MR) is 210 cm³/mol. The summed E-state index contributed by atoms with van der Waals surface area (Å²) in [6.07, 6.45) is 0. The number of benzene rings is 7. The second-order valence-corrected chi connectivity index (χ2v) is 14.2. The smallest absolute Gasteiger partial charge is 0.0638 e. The van der Waals surface area contributed by atoms with Crippen molar-refractivity contribution in [2.75, 3.05) is 0 Å². The average molecular weight is 640 g/mol. The molecule has 0 amide bonds. The highest BCUT2D eigenvalue weighted by molar-refractivity contribution is 6.22. The number of fused-ring (bicyclic) bond motifs is 12. The molecule has 3 aromatic heterocycles. The zero-order valence-electron chi connectivity index (χ0n) is 27.9. The molecule has 0 saturated heterocycles. The minimum Gasteiger partial charge on any atom is -0.309 e. The van der Waals surface area contributed by atoms with E-state index in [9.17, 15) is 0 Å². The maximum atomic E-state index is 2.54. The van der Waals surface area contributed by atoms with Gasteiger partial charge in [0.15, 0.2) is 0 Å². The predicted octanol–water partition coefficient (Wildman–Crippen LogP) is 12.1. The van der Waals surface area contributed by atoms with Gasteiger partial charge in [-0.3, -0.25) is 0 Å². The summed E-state index contributed by atoms with van der Waals surface area (Å²) in [6, 6.07) is 60.1. The molecular weight excluding hydrogens is 607 g/mol. The maximum absolute atomic E-state index is 2.54. The van der Waals surface area contributed by atoms with E-state index in [0.29, 0.717) is 0 Å². The van der Waals surface area contributed by atoms with Crippen molar-refractivity contribution in [2.24, 2.45) is 0 Å². The largest absolute Gasteiger partial charge is 0.309 e. The quantitative estimate of drug-likeness (QED) is 0.183. The number of hydrogen-bond acceptors (Lipinski definition) is 0. The fourth-order valence-electron chi connectivity index (χ4n) is 9.13. The van der Waals surface area contributed by atoms with Crippen LogP contribution in [0.2, 0.25) is 0 Å². The third kappa shape index (κ3) is 3.49. The Morgan fingerprint density at radius 1 is 0.400 bits per heavy atom. The SMILES string of the molecule is CC1(C)c2ccccc2-c2c1c1c(ccc3c4ccccc4n(-c4ccc5c(c4)c4ccccc4n5-c4ccccc4)c31)n2-c1ccccc1. The Morgan fingerprint density at radius 2 is 0.960 bits per heavy atom. The van der Waals surface area contributed by atoms with Crippen molar-refractivity contribution < 1.29 is 0 Å². The van der Waals surface area contributed by atoms with Crippen LogP contribution in [-0.2, 0) is 5.41 Å². The number of rotatable bonds is 3. The van der Waals surface area contributed by atoms with Crippen LogP contribution in [0.3, 0.4) is 0 Å². The molecule has 0 spiro atoms. The van der Waals surface area contributed by atoms with E-state index < -0.39 is 0 Å². The monoisotopic (exact) mass is 639 g/mol. The van der Waals surface area contributed by atoms with Crippen molar-refractivity contribution in [1.29, 1.82) is 0 Å². The average Bonchev–Trinajstić information content (AvgIpc) is 3.86. The molecule has 0 unspecified atom stereocenters. The lowest BCUT2D eigenvalue weighted by Gasteiger charge is -2.22. The Hall–Kier alpha value is -6.32. The van der Waals surface area contributed by atoms with Crippen molar-refractivity contribution in [3.8, 4) is 28.3 Å². The highest BCUT2D eigenvalue weighted by Gasteiger charge is 2.41. The highest BCUT2D eigenvalue weighted by atomic mass is 15.0. The van der Waals surface area contributed by atoms with Gasteiger partial charge in [-0.05, 0) is 71.8 Å². The molecule has 10 aromatic rings. The van der Waals surface area contributed by atoms with E-state index in [4.69, 9.17) is 0 Å². The minimum absolute atomic E-state index is 0.188. The Bertz CT molecular complexity index is 2990. The maximum Gasteiger partial charge on any atom is 0.0638 e. The van der Waals surface area contributed by atoms with Crippen molar-refractivity contribution in [2.45, 2.75) is 19.3 Å². The third-order valence-electron chi connectivity index (χ3n) is 11.2. The summed E-state index contributed by atoms with van der Waals surface area (Å²) in [5.41, 5.74) is 14.9. The van der Waals surface area contributed by atoms with E-state index >= 15 is 0 Å². The Balaban J connectivity index is 1.31. The van der Waals surface area contributed by atoms with E-state index in [1.165, 1.54) is 94.0 Å². The lowest BCUT2D eigenvalue weighted by atomic mass is 9.81. The Morgan fingerprint density at radius 3 is 1.70 bits per heavy atom. The molecule has 0 aliphatic heterocycles. The number of hydrogen-bond donors (Lipinski definition) is 0. The summed E-state index contributed by atoms with van der Waals surface area (Å²) in [7, 11) is 0. The lowest BCUT2D eigenvalue weighted by Crippen LogP contribution is -2.15. The van der Waals surface area contributed by atoms with E-state index in [-0.39, 0.29) is 5.41 Å². The van der Waals surface area contributed by atoms with Crippen LogP contribution in [0.1, 0.15) is 25.0 Å². The van der Waals surface area contributed by atoms with Gasteiger partial charge in [-0.2, -0.15) is 0 Å². The van der Waals surface area contributed by atoms with E-state index in [2.05, 4.69) is 191 Å². The zero-order chi connectivity index (χ0) is 33.1. The standard InChI is InChI=1S/C47H33N3/c1-47(2)38-22-12-9-21-36(38)46-44(47)43-42(49(46)31-17-7-4-8-18-31)28-26-35-33-19-10-14-24-40(33)50(45(35)43)32-25-27-41-37(29-32)34-20-11-13-23-39(34)48(41)30-15-5-3-6-16-30/h3-29H,1-2H3. The number of para-hydroxylation sites is 4. The fourth-order valence-corrected chi connectivity index (χ4v) is 9.13. The van der Waals surface area contributed by atoms with Gasteiger partial charge >= 0.3 is 0 Å². The first-order valence-corrected chi connectivity index (χ1v) is 17.5. The van der Waals surface area contributed by atoms with Crippen LogP contribution in [-0.4, -0.2) is 13.7 Å². The zero-order valence-corrected chi connectivity index (χ0v) is 27.9. The molecule has 11 rings (SSSR count). The topological polar surface area (TPSA) is 14.8 Å². The van der Waals surface area contributed by atoms with Gasteiger partial charge in [-0.15, -0.1) is 0 Å². The molecule has 0 bridgehead atoms. The molecule has 50 heavy (non-hydrogen) atoms. The first-order valence-electron chi connectivity index (χ1n) is 17.5. The molecule has 1 aliphatic rings. The lowest BCUT2D eigenvalue weighted by molar-refractivity contribution is 0.666. The molecular formula is C47H33N3. The van der Waals surface area contributed by atoms with Crippen molar-refractivity contribution in [1.82, 2.24) is 13.7 Å². The van der Waals surface area contributed by atoms with Crippen LogP contribution in [0.15, 0.2) is 164 Å². The van der Waals surface area contributed by atoms with Gasteiger partial charge in [-0.1, -0.05) is 117 Å². The minimum atomic E-state index is -0.188. The summed E-state index contributed by atoms with van der Waals surface area (Å²) in [5.74, 6) is 0. The van der Waals surface area contributed by atoms with Crippen molar-refractivity contribution in [3.05, 3.63) is 175 Å². The summed E-state index contributed by atoms with van der Waals surface area (Å²) in [6.45, 7) is 4.81. The van der Waals surface area contributed by atoms with Gasteiger partial charge in [0.2, 0.25) is 0 Å². The van der Waals surface area contributed by atoms with Gasteiger partial charge in [0, 0.05) is 55.0 Å². The van der Waals surface area contributed by atoms with Crippen molar-refractivity contribution in [3.63, 3.8) is 0 Å². The van der Waals surface area contributed by atoms with Gasteiger partial charge in [-0.25, -0.2) is 0 Å². The van der Waals surface area contributed by atoms with Crippen LogP contribution in [0.4, 0.5) is 0 Å². The van der Waals surface area contributed by atoms with Crippen LogP contribution in [0, 0.1) is 0 Å². The molecule has 0 saturated carbocycles. The third-order valence-corrected chi connectivity index (χ3v) is 11.2. The Kier molecular flexibility index (Phi) is 5.45. The number of aromatic nitrogens is 3. The molecule has 7 aromatic carbocycles. The van der Waals surface area contributed by atoms with Gasteiger partial charge in [0.25, 0.3) is 0 Å². The van der Waals surface area contributed by atoms with E-state index in [1.54, 1.807) is 0 Å². The molecule has 0 radical (unpaired) electrons. The molecule has 236 valence electrons. The van der Waals surface area contributed by atoms with Gasteiger partial charge < -0.3 is 13.7 Å². The van der Waals surface area contributed by atoms with Gasteiger partial charge in [0.05, 0.1) is 33.3 Å². The normalized spacial score (nSPS) is 13.6. The van der Waals surface area contributed by atoms with Gasteiger partial charge in [0.1, 0.15) is 0 Å². The molecule has 0 fully saturated rings. The number of nitrogens with zero attached hydrogens (tertiary/aromatic N) is 3. The first kappa shape index (κ1) is 27.6. The Labute approximate surface area is 289 Å². The molecule has 0 N–H and O–H groups in total.